The van der Waals surface area contributed by atoms with Gasteiger partial charge >= 0.3 is 0 Å². The molecule has 0 spiro atoms. The molecule has 0 aliphatic carbocycles. The van der Waals surface area contributed by atoms with Crippen molar-refractivity contribution in [2.24, 2.45) is 5.41 Å². The minimum Gasteiger partial charge on any atom is -0.254 e. The highest BCUT2D eigenvalue weighted by atomic mass is 35.5. The fourth-order valence-electron chi connectivity index (χ4n) is 1.14. The third-order valence-corrected chi connectivity index (χ3v) is 4.01. The van der Waals surface area contributed by atoms with Gasteiger partial charge in [-0.1, -0.05) is 11.6 Å². The maximum Gasteiger partial charge on any atom is 0.141 e. The van der Waals surface area contributed by atoms with Crippen molar-refractivity contribution < 1.29 is 8.60 Å². The standard InChI is InChI=1S/C12H13ClFNOS/c1-12(2,8-15)5-6-17(16)9-3-4-11(14)10(13)7-9/h3-4,7H,5-6H2,1-2H3. The number of nitriles is 1. The van der Waals surface area contributed by atoms with E-state index in [0.717, 1.165) is 0 Å². The van der Waals surface area contributed by atoms with Crippen molar-refractivity contribution in [3.63, 3.8) is 0 Å². The lowest BCUT2D eigenvalue weighted by Crippen LogP contribution is -2.12. The van der Waals surface area contributed by atoms with Crippen LogP contribution in [0.15, 0.2) is 23.1 Å². The first-order chi connectivity index (χ1) is 7.85. The van der Waals surface area contributed by atoms with Gasteiger partial charge in [0.05, 0.1) is 27.3 Å². The third-order valence-electron chi connectivity index (χ3n) is 2.37. The molecule has 0 saturated carbocycles. The van der Waals surface area contributed by atoms with Crippen LogP contribution in [-0.4, -0.2) is 9.96 Å². The lowest BCUT2D eigenvalue weighted by atomic mass is 9.93. The molecule has 0 aliphatic rings. The Morgan fingerprint density at radius 1 is 1.53 bits per heavy atom. The molecule has 0 heterocycles. The number of benzene rings is 1. The van der Waals surface area contributed by atoms with Crippen molar-refractivity contribution in [3.8, 4) is 6.07 Å². The topological polar surface area (TPSA) is 40.9 Å². The van der Waals surface area contributed by atoms with Crippen molar-refractivity contribution in [2.75, 3.05) is 5.75 Å². The summed E-state index contributed by atoms with van der Waals surface area (Å²) < 4.78 is 24.8. The zero-order valence-corrected chi connectivity index (χ0v) is 11.2. The van der Waals surface area contributed by atoms with Crippen molar-refractivity contribution in [2.45, 2.75) is 25.2 Å². The predicted molar refractivity (Wildman–Crippen MR) is 66.7 cm³/mol. The quantitative estimate of drug-likeness (QED) is 0.842. The van der Waals surface area contributed by atoms with Gasteiger partial charge in [-0.05, 0) is 38.5 Å². The summed E-state index contributed by atoms with van der Waals surface area (Å²) in [4.78, 5) is 0.491. The van der Waals surface area contributed by atoms with Gasteiger partial charge in [-0.3, -0.25) is 4.21 Å². The fourth-order valence-corrected chi connectivity index (χ4v) is 2.79. The Balaban J connectivity index is 2.72. The molecule has 0 saturated heterocycles. The summed E-state index contributed by atoms with van der Waals surface area (Å²) in [6, 6.07) is 6.17. The van der Waals surface area contributed by atoms with Crippen LogP contribution >= 0.6 is 11.6 Å². The molecule has 0 amide bonds. The first-order valence-corrected chi connectivity index (χ1v) is 6.80. The van der Waals surface area contributed by atoms with E-state index in [2.05, 4.69) is 6.07 Å². The van der Waals surface area contributed by atoms with Crippen LogP contribution < -0.4 is 0 Å². The van der Waals surface area contributed by atoms with Gasteiger partial charge in [0.1, 0.15) is 5.82 Å². The number of rotatable bonds is 4. The number of hydrogen-bond donors (Lipinski definition) is 0. The van der Waals surface area contributed by atoms with E-state index in [9.17, 15) is 8.60 Å². The second kappa shape index (κ2) is 5.61. The Kier molecular flexibility index (Phi) is 4.67. The van der Waals surface area contributed by atoms with Gasteiger partial charge in [-0.2, -0.15) is 5.26 Å². The van der Waals surface area contributed by atoms with Crippen molar-refractivity contribution in [1.82, 2.24) is 0 Å². The average Bonchev–Trinajstić information content (AvgIpc) is 2.30. The molecule has 5 heteroatoms. The SMILES string of the molecule is CC(C)(C#N)CCS(=O)c1ccc(F)c(Cl)c1. The van der Waals surface area contributed by atoms with Crippen LogP contribution in [0, 0.1) is 22.6 Å². The fraction of sp³-hybridized carbons (Fsp3) is 0.417. The van der Waals surface area contributed by atoms with E-state index in [4.69, 9.17) is 16.9 Å². The first-order valence-electron chi connectivity index (χ1n) is 5.10. The van der Waals surface area contributed by atoms with Crippen LogP contribution in [0.2, 0.25) is 5.02 Å². The summed E-state index contributed by atoms with van der Waals surface area (Å²) in [5, 5.41) is 8.81. The molecule has 1 unspecified atom stereocenters. The Labute approximate surface area is 108 Å². The minimum absolute atomic E-state index is 0.0320. The number of hydrogen-bond acceptors (Lipinski definition) is 2. The summed E-state index contributed by atoms with van der Waals surface area (Å²) in [6.45, 7) is 3.59. The van der Waals surface area contributed by atoms with E-state index >= 15 is 0 Å². The summed E-state index contributed by atoms with van der Waals surface area (Å²) in [6.07, 6.45) is 0.519. The Hall–Kier alpha value is -0.920. The molecule has 0 aliphatic heterocycles. The Morgan fingerprint density at radius 2 is 2.18 bits per heavy atom. The maximum absolute atomic E-state index is 12.9. The average molecular weight is 274 g/mol. The van der Waals surface area contributed by atoms with E-state index < -0.39 is 22.0 Å². The van der Waals surface area contributed by atoms with Gasteiger partial charge in [-0.25, -0.2) is 4.39 Å². The van der Waals surface area contributed by atoms with Crippen LogP contribution in [-0.2, 0) is 10.8 Å². The van der Waals surface area contributed by atoms with Crippen LogP contribution in [0.25, 0.3) is 0 Å². The van der Waals surface area contributed by atoms with Gasteiger partial charge in [0, 0.05) is 10.6 Å². The lowest BCUT2D eigenvalue weighted by molar-refractivity contribution is 0.479. The zero-order chi connectivity index (χ0) is 13.1. The summed E-state index contributed by atoms with van der Waals surface area (Å²) in [5.74, 6) is -0.160. The molecule has 0 aromatic heterocycles. The van der Waals surface area contributed by atoms with Gasteiger partial charge < -0.3 is 0 Å². The molecule has 0 bridgehead atoms. The summed E-state index contributed by atoms with van der Waals surface area (Å²) in [5.41, 5.74) is -0.501. The minimum atomic E-state index is -1.25. The molecule has 2 nitrogen and oxygen atoms in total. The van der Waals surface area contributed by atoms with Crippen LogP contribution in [0.3, 0.4) is 0 Å². The largest absolute Gasteiger partial charge is 0.254 e. The van der Waals surface area contributed by atoms with Crippen molar-refractivity contribution in [1.29, 1.82) is 5.26 Å². The second-order valence-corrected chi connectivity index (χ2v) is 6.35. The van der Waals surface area contributed by atoms with Gasteiger partial charge in [-0.15, -0.1) is 0 Å². The molecule has 92 valence electrons. The van der Waals surface area contributed by atoms with Crippen LogP contribution in [0.1, 0.15) is 20.3 Å². The van der Waals surface area contributed by atoms with Crippen LogP contribution in [0.5, 0.6) is 0 Å². The number of halogens is 2. The first kappa shape index (κ1) is 14.1. The molecule has 1 aromatic carbocycles. The molecule has 1 atom stereocenters. The Morgan fingerprint density at radius 3 is 2.71 bits per heavy atom. The molecule has 0 N–H and O–H groups in total. The highest BCUT2D eigenvalue weighted by Gasteiger charge is 2.18. The molecule has 1 rings (SSSR count). The van der Waals surface area contributed by atoms with E-state index in [-0.39, 0.29) is 5.02 Å². The maximum atomic E-state index is 12.9. The normalized spacial score (nSPS) is 13.1. The summed E-state index contributed by atoms with van der Waals surface area (Å²) >= 11 is 5.61. The highest BCUT2D eigenvalue weighted by molar-refractivity contribution is 7.85. The third kappa shape index (κ3) is 4.10. The molecular weight excluding hydrogens is 261 g/mol. The lowest BCUT2D eigenvalue weighted by Gasteiger charge is -2.14. The predicted octanol–water partition coefficient (Wildman–Crippen LogP) is 3.53. The molecule has 0 fully saturated rings. The molecule has 0 radical (unpaired) electrons. The van der Waals surface area contributed by atoms with E-state index in [1.54, 1.807) is 13.8 Å². The second-order valence-electron chi connectivity index (χ2n) is 4.37. The van der Waals surface area contributed by atoms with E-state index in [0.29, 0.717) is 17.1 Å². The highest BCUT2D eigenvalue weighted by Crippen LogP contribution is 2.22. The zero-order valence-electron chi connectivity index (χ0n) is 9.67. The monoisotopic (exact) mass is 273 g/mol. The summed E-state index contributed by atoms with van der Waals surface area (Å²) in [7, 11) is -1.25. The van der Waals surface area contributed by atoms with Crippen molar-refractivity contribution in [3.05, 3.63) is 29.0 Å². The number of nitrogens with zero attached hydrogens (tertiary/aromatic N) is 1. The molecule has 17 heavy (non-hydrogen) atoms. The van der Waals surface area contributed by atoms with Crippen molar-refractivity contribution >= 4 is 22.4 Å². The Bertz CT molecular complexity index is 482. The van der Waals surface area contributed by atoms with E-state index in [1.807, 2.05) is 0 Å². The van der Waals surface area contributed by atoms with Gasteiger partial charge in [0.15, 0.2) is 0 Å². The molecular formula is C12H13ClFNOS. The van der Waals surface area contributed by atoms with Crippen LogP contribution in [0.4, 0.5) is 4.39 Å². The van der Waals surface area contributed by atoms with E-state index in [1.165, 1.54) is 18.2 Å². The molecule has 1 aromatic rings. The van der Waals surface area contributed by atoms with Gasteiger partial charge in [0.2, 0.25) is 0 Å². The van der Waals surface area contributed by atoms with Gasteiger partial charge in [0.25, 0.3) is 0 Å². The smallest absolute Gasteiger partial charge is 0.141 e.